The summed E-state index contributed by atoms with van der Waals surface area (Å²) < 4.78 is 7.30. The highest BCUT2D eigenvalue weighted by Crippen LogP contribution is 2.32. The molecular formula is C14H6I2N4O2. The second kappa shape index (κ2) is 6.28. The SMILES string of the molecule is O=C1c2ccc(N=NI)cc2C(=O)c2ccc(N=NI)cc21. The zero-order valence-electron chi connectivity index (χ0n) is 10.8. The molecule has 22 heavy (non-hydrogen) atoms. The van der Waals surface area contributed by atoms with E-state index in [0.29, 0.717) is 33.6 Å². The van der Waals surface area contributed by atoms with Gasteiger partial charge < -0.3 is 0 Å². The summed E-state index contributed by atoms with van der Waals surface area (Å²) in [6.45, 7) is 0. The number of carbonyl (C=O) groups excluding carboxylic acids is 2. The first-order valence-corrected chi connectivity index (χ1v) is 8.00. The van der Waals surface area contributed by atoms with Crippen molar-refractivity contribution < 1.29 is 9.59 Å². The fraction of sp³-hybridized carbons (Fsp3) is 0. The van der Waals surface area contributed by atoms with Crippen LogP contribution in [0.4, 0.5) is 11.4 Å². The van der Waals surface area contributed by atoms with Crippen molar-refractivity contribution in [1.29, 1.82) is 0 Å². The summed E-state index contributed by atoms with van der Waals surface area (Å²) in [6, 6.07) is 9.69. The maximum Gasteiger partial charge on any atom is 0.194 e. The Morgan fingerprint density at radius 2 is 1.05 bits per heavy atom. The minimum absolute atomic E-state index is 0.201. The van der Waals surface area contributed by atoms with Gasteiger partial charge in [0.05, 0.1) is 11.4 Å². The topological polar surface area (TPSA) is 83.6 Å². The molecule has 0 bridgehead atoms. The Balaban J connectivity index is 2.18. The normalized spacial score (nSPS) is 13.7. The quantitative estimate of drug-likeness (QED) is 0.341. The van der Waals surface area contributed by atoms with Crippen LogP contribution in [0, 0.1) is 0 Å². The van der Waals surface area contributed by atoms with Crippen molar-refractivity contribution >= 4 is 68.7 Å². The van der Waals surface area contributed by atoms with Gasteiger partial charge in [0.1, 0.15) is 45.7 Å². The minimum Gasteiger partial charge on any atom is -0.289 e. The molecule has 0 amide bonds. The summed E-state index contributed by atoms with van der Waals surface area (Å²) in [7, 11) is 0. The van der Waals surface area contributed by atoms with E-state index in [2.05, 4.69) is 16.9 Å². The predicted molar refractivity (Wildman–Crippen MR) is 96.8 cm³/mol. The average Bonchev–Trinajstić information content (AvgIpc) is 2.53. The number of ketones is 2. The molecule has 0 radical (unpaired) electrons. The molecule has 1 aliphatic rings. The van der Waals surface area contributed by atoms with Crippen LogP contribution in [-0.2, 0) is 0 Å². The molecule has 0 spiro atoms. The van der Waals surface area contributed by atoms with Crippen LogP contribution in [0.5, 0.6) is 0 Å². The highest BCUT2D eigenvalue weighted by atomic mass is 127. The summed E-state index contributed by atoms with van der Waals surface area (Å²) in [5.41, 5.74) is 2.51. The predicted octanol–water partition coefficient (Wildman–Crippen LogP) is 5.33. The van der Waals surface area contributed by atoms with E-state index in [1.807, 2.05) is 0 Å². The van der Waals surface area contributed by atoms with E-state index in [-0.39, 0.29) is 11.6 Å². The van der Waals surface area contributed by atoms with E-state index >= 15 is 0 Å². The van der Waals surface area contributed by atoms with Crippen LogP contribution in [0.3, 0.4) is 0 Å². The number of carbonyl (C=O) groups is 2. The number of benzene rings is 2. The van der Waals surface area contributed by atoms with Gasteiger partial charge in [-0.3, -0.25) is 9.59 Å². The molecule has 1 aliphatic carbocycles. The lowest BCUT2D eigenvalue weighted by molar-refractivity contribution is 0.0979. The zero-order valence-corrected chi connectivity index (χ0v) is 15.1. The molecular weight excluding hydrogens is 510 g/mol. The van der Waals surface area contributed by atoms with E-state index in [1.165, 1.54) is 0 Å². The maximum absolute atomic E-state index is 12.6. The third-order valence-electron chi connectivity index (χ3n) is 3.29. The molecule has 0 fully saturated rings. The van der Waals surface area contributed by atoms with Gasteiger partial charge in [-0.25, -0.2) is 0 Å². The van der Waals surface area contributed by atoms with Gasteiger partial charge in [-0.2, -0.15) is 0 Å². The molecule has 3 rings (SSSR count). The molecule has 2 aromatic rings. The summed E-state index contributed by atoms with van der Waals surface area (Å²) in [6.07, 6.45) is 0. The van der Waals surface area contributed by atoms with E-state index < -0.39 is 0 Å². The van der Waals surface area contributed by atoms with Crippen LogP contribution < -0.4 is 0 Å². The van der Waals surface area contributed by atoms with Crippen LogP contribution in [0.2, 0.25) is 0 Å². The summed E-state index contributed by atoms with van der Waals surface area (Å²) in [5.74, 6) is -0.402. The number of rotatable bonds is 2. The third-order valence-corrected chi connectivity index (χ3v) is 3.72. The second-order valence-electron chi connectivity index (χ2n) is 4.47. The monoisotopic (exact) mass is 516 g/mol. The van der Waals surface area contributed by atoms with E-state index in [9.17, 15) is 9.59 Å². The van der Waals surface area contributed by atoms with Gasteiger partial charge in [0.25, 0.3) is 0 Å². The molecule has 6 nitrogen and oxygen atoms in total. The summed E-state index contributed by atoms with van der Waals surface area (Å²) in [4.78, 5) is 25.2. The van der Waals surface area contributed by atoms with Crippen LogP contribution in [-0.4, -0.2) is 11.6 Å². The third kappa shape index (κ3) is 2.60. The number of halogens is 2. The Labute approximate surface area is 153 Å². The number of hydrogen-bond donors (Lipinski definition) is 0. The minimum atomic E-state index is -0.201. The lowest BCUT2D eigenvalue weighted by atomic mass is 9.83. The first-order chi connectivity index (χ1) is 10.7. The van der Waals surface area contributed by atoms with Crippen molar-refractivity contribution in [1.82, 2.24) is 0 Å². The van der Waals surface area contributed by atoms with Crippen molar-refractivity contribution in [3.63, 3.8) is 0 Å². The van der Waals surface area contributed by atoms with Crippen molar-refractivity contribution in [3.8, 4) is 0 Å². The number of fused-ring (bicyclic) bond motifs is 2. The van der Waals surface area contributed by atoms with Gasteiger partial charge in [0, 0.05) is 22.3 Å². The first-order valence-electron chi connectivity index (χ1n) is 6.07. The number of hydrogen-bond acceptors (Lipinski definition) is 6. The molecule has 0 atom stereocenters. The molecule has 0 saturated heterocycles. The molecule has 2 aromatic carbocycles. The molecule has 0 aromatic heterocycles. The fourth-order valence-electron chi connectivity index (χ4n) is 2.34. The first kappa shape index (κ1) is 15.3. The molecule has 8 heteroatoms. The Morgan fingerprint density at radius 3 is 1.41 bits per heavy atom. The van der Waals surface area contributed by atoms with Gasteiger partial charge >= 0.3 is 0 Å². The highest BCUT2D eigenvalue weighted by molar-refractivity contribution is 14.1. The Morgan fingerprint density at radius 1 is 0.636 bits per heavy atom. The van der Waals surface area contributed by atoms with Crippen LogP contribution in [0.15, 0.2) is 53.3 Å². The van der Waals surface area contributed by atoms with Crippen molar-refractivity contribution in [3.05, 3.63) is 58.7 Å². The average molecular weight is 516 g/mol. The number of nitrogens with zero attached hydrogens (tertiary/aromatic N) is 4. The van der Waals surface area contributed by atoms with Crippen LogP contribution >= 0.6 is 45.7 Å². The van der Waals surface area contributed by atoms with Gasteiger partial charge in [0.2, 0.25) is 0 Å². The van der Waals surface area contributed by atoms with Crippen molar-refractivity contribution in [2.24, 2.45) is 16.9 Å². The van der Waals surface area contributed by atoms with Gasteiger partial charge in [-0.1, -0.05) is 0 Å². The highest BCUT2D eigenvalue weighted by Gasteiger charge is 2.30. The van der Waals surface area contributed by atoms with Crippen LogP contribution in [0.1, 0.15) is 31.8 Å². The molecule has 0 N–H and O–H groups in total. The van der Waals surface area contributed by atoms with Gasteiger partial charge in [-0.05, 0) is 36.4 Å². The Bertz CT molecular complexity index is 790. The Hall–Kier alpha value is -1.56. The second-order valence-corrected chi connectivity index (χ2v) is 5.33. The molecule has 0 heterocycles. The smallest absolute Gasteiger partial charge is 0.194 e. The molecule has 108 valence electrons. The van der Waals surface area contributed by atoms with E-state index in [4.69, 9.17) is 0 Å². The lowest BCUT2D eigenvalue weighted by Gasteiger charge is -2.17. The van der Waals surface area contributed by atoms with Crippen molar-refractivity contribution in [2.45, 2.75) is 0 Å². The van der Waals surface area contributed by atoms with Crippen molar-refractivity contribution in [2.75, 3.05) is 0 Å². The standard InChI is InChI=1S/C14H6I2N4O2/c15-19-17-7-1-3-9-11(5-7)14(22)10-4-2-8(18-20-16)6-12(10)13(9)21/h1-6H. The molecule has 0 unspecified atom stereocenters. The zero-order chi connectivity index (χ0) is 15.7. The van der Waals surface area contributed by atoms with E-state index in [0.717, 1.165) is 0 Å². The maximum atomic E-state index is 12.6. The van der Waals surface area contributed by atoms with Crippen LogP contribution in [0.25, 0.3) is 0 Å². The molecule has 0 aliphatic heterocycles. The summed E-state index contributed by atoms with van der Waals surface area (Å²) in [5, 5.41) is 7.78. The van der Waals surface area contributed by atoms with Gasteiger partial charge in [-0.15, -0.1) is 16.9 Å². The lowest BCUT2D eigenvalue weighted by Crippen LogP contribution is -2.20. The Kier molecular flexibility index (Phi) is 4.38. The fourth-order valence-corrected chi connectivity index (χ4v) is 2.84. The molecule has 0 saturated carbocycles. The van der Waals surface area contributed by atoms with E-state index in [1.54, 1.807) is 82.1 Å². The summed E-state index contributed by atoms with van der Waals surface area (Å²) >= 11 is 3.51. The van der Waals surface area contributed by atoms with Gasteiger partial charge in [0.15, 0.2) is 11.6 Å². The largest absolute Gasteiger partial charge is 0.289 e.